The predicted octanol–water partition coefficient (Wildman–Crippen LogP) is 3.86. The summed E-state index contributed by atoms with van der Waals surface area (Å²) in [6.07, 6.45) is 7.54. The van der Waals surface area contributed by atoms with Crippen LogP contribution in [0.25, 0.3) is 0 Å². The van der Waals surface area contributed by atoms with Gasteiger partial charge in [-0.05, 0) is 42.4 Å². The molecule has 70 valence electrons. The third-order valence-electron chi connectivity index (χ3n) is 4.94. The van der Waals surface area contributed by atoms with E-state index in [1.165, 1.54) is 25.7 Å². The predicted molar refractivity (Wildman–Crippen MR) is 53.0 cm³/mol. The van der Waals surface area contributed by atoms with E-state index < -0.39 is 0 Å². The highest BCUT2D eigenvalue weighted by molar-refractivity contribution is 4.99. The van der Waals surface area contributed by atoms with E-state index in [1.807, 2.05) is 0 Å². The minimum atomic E-state index is 0.720. The lowest BCUT2D eigenvalue weighted by Gasteiger charge is -2.39. The van der Waals surface area contributed by atoms with Crippen LogP contribution < -0.4 is 0 Å². The van der Waals surface area contributed by atoms with E-state index >= 15 is 0 Å². The quantitative estimate of drug-likeness (QED) is 0.584. The van der Waals surface area contributed by atoms with Crippen molar-refractivity contribution in [2.75, 3.05) is 0 Å². The summed E-state index contributed by atoms with van der Waals surface area (Å²) in [5.41, 5.74) is 0.720. The molecule has 0 heteroatoms. The van der Waals surface area contributed by atoms with E-state index in [9.17, 15) is 0 Å². The van der Waals surface area contributed by atoms with Crippen molar-refractivity contribution in [2.24, 2.45) is 23.2 Å². The van der Waals surface area contributed by atoms with Crippen molar-refractivity contribution < 1.29 is 0 Å². The Morgan fingerprint density at radius 3 is 2.58 bits per heavy atom. The third-order valence-corrected chi connectivity index (χ3v) is 4.94. The Balaban J connectivity index is 2.12. The first-order chi connectivity index (χ1) is 5.66. The van der Waals surface area contributed by atoms with Gasteiger partial charge in [0.25, 0.3) is 0 Å². The van der Waals surface area contributed by atoms with Crippen molar-refractivity contribution in [1.29, 1.82) is 0 Å². The van der Waals surface area contributed by atoms with E-state index in [0.29, 0.717) is 0 Å². The first-order valence-corrected chi connectivity index (χ1v) is 5.66. The summed E-state index contributed by atoms with van der Waals surface area (Å²) in [6.45, 7) is 7.35. The summed E-state index contributed by atoms with van der Waals surface area (Å²) in [4.78, 5) is 0. The number of rotatable bonds is 2. The zero-order valence-electron chi connectivity index (χ0n) is 8.77. The molecule has 0 aliphatic heterocycles. The Morgan fingerprint density at radius 2 is 2.17 bits per heavy atom. The van der Waals surface area contributed by atoms with Crippen LogP contribution in [0.3, 0.4) is 0 Å². The highest BCUT2D eigenvalue weighted by atomic mass is 14.5. The minimum absolute atomic E-state index is 0.720. The molecule has 0 spiro atoms. The lowest BCUT2D eigenvalue weighted by Crippen LogP contribution is -2.30. The highest BCUT2D eigenvalue weighted by Crippen LogP contribution is 2.59. The van der Waals surface area contributed by atoms with Crippen molar-refractivity contribution in [3.05, 3.63) is 0 Å². The maximum absolute atomic E-state index is 2.55. The van der Waals surface area contributed by atoms with Gasteiger partial charge >= 0.3 is 0 Å². The maximum atomic E-state index is 2.55. The Kier molecular flexibility index (Phi) is 1.97. The standard InChI is InChI=1S/C12H22/c1-4-9(2)12(3)8-10-5-6-11(12)7-10/h9-11H,4-8H2,1-3H3/t9?,10?,11?,12-/m1/s1. The second kappa shape index (κ2) is 2.75. The molecular weight excluding hydrogens is 144 g/mol. The number of hydrogen-bond acceptors (Lipinski definition) is 0. The Bertz CT molecular complexity index is 173. The Hall–Kier alpha value is 0. The third kappa shape index (κ3) is 1.03. The van der Waals surface area contributed by atoms with Crippen LogP contribution in [-0.4, -0.2) is 0 Å². The molecule has 2 saturated carbocycles. The smallest absolute Gasteiger partial charge is 0.0269 e. The normalized spacial score (nSPS) is 48.2. The highest BCUT2D eigenvalue weighted by Gasteiger charge is 2.49. The van der Waals surface area contributed by atoms with Crippen molar-refractivity contribution in [3.63, 3.8) is 0 Å². The van der Waals surface area contributed by atoms with Gasteiger partial charge in [-0.1, -0.05) is 33.6 Å². The van der Waals surface area contributed by atoms with Crippen molar-refractivity contribution >= 4 is 0 Å². The fourth-order valence-corrected chi connectivity index (χ4v) is 3.72. The molecule has 0 N–H and O–H groups in total. The van der Waals surface area contributed by atoms with Gasteiger partial charge in [0.15, 0.2) is 0 Å². The SMILES string of the molecule is CCC(C)[C@@]1(C)CC2CCC1C2. The molecule has 0 radical (unpaired) electrons. The van der Waals surface area contributed by atoms with Crippen LogP contribution in [-0.2, 0) is 0 Å². The summed E-state index contributed by atoms with van der Waals surface area (Å²) >= 11 is 0. The van der Waals surface area contributed by atoms with Gasteiger partial charge in [0, 0.05) is 0 Å². The fraction of sp³-hybridized carbons (Fsp3) is 1.00. The molecule has 0 aromatic rings. The first kappa shape index (κ1) is 8.59. The second-order valence-corrected chi connectivity index (χ2v) is 5.40. The molecule has 2 aliphatic carbocycles. The molecule has 2 aliphatic rings. The van der Waals surface area contributed by atoms with Gasteiger partial charge in [0.1, 0.15) is 0 Å². The summed E-state index contributed by atoms with van der Waals surface area (Å²) in [5, 5.41) is 0. The molecule has 2 fully saturated rings. The van der Waals surface area contributed by atoms with Gasteiger partial charge < -0.3 is 0 Å². The van der Waals surface area contributed by atoms with Crippen LogP contribution in [0.4, 0.5) is 0 Å². The number of hydrogen-bond donors (Lipinski definition) is 0. The van der Waals surface area contributed by atoms with Gasteiger partial charge in [-0.2, -0.15) is 0 Å². The van der Waals surface area contributed by atoms with E-state index in [2.05, 4.69) is 20.8 Å². The molecule has 2 bridgehead atoms. The molecular formula is C12H22. The molecule has 4 atom stereocenters. The average Bonchev–Trinajstić information content (AvgIpc) is 2.62. The summed E-state index contributed by atoms with van der Waals surface area (Å²) < 4.78 is 0. The molecule has 0 saturated heterocycles. The summed E-state index contributed by atoms with van der Waals surface area (Å²) in [7, 11) is 0. The Morgan fingerprint density at radius 1 is 1.42 bits per heavy atom. The topological polar surface area (TPSA) is 0 Å². The monoisotopic (exact) mass is 166 g/mol. The fourth-order valence-electron chi connectivity index (χ4n) is 3.72. The molecule has 0 nitrogen and oxygen atoms in total. The van der Waals surface area contributed by atoms with Crippen molar-refractivity contribution in [2.45, 2.75) is 52.9 Å². The lowest BCUT2D eigenvalue weighted by molar-refractivity contribution is 0.105. The maximum Gasteiger partial charge on any atom is -0.0269 e. The second-order valence-electron chi connectivity index (χ2n) is 5.40. The van der Waals surface area contributed by atoms with Crippen LogP contribution in [0.5, 0.6) is 0 Å². The van der Waals surface area contributed by atoms with Crippen LogP contribution in [0.1, 0.15) is 52.9 Å². The van der Waals surface area contributed by atoms with Crippen LogP contribution >= 0.6 is 0 Å². The molecule has 2 rings (SSSR count). The number of fused-ring (bicyclic) bond motifs is 2. The van der Waals surface area contributed by atoms with Crippen LogP contribution in [0.15, 0.2) is 0 Å². The largest absolute Gasteiger partial charge is 0.0651 e. The molecule has 0 aromatic heterocycles. The van der Waals surface area contributed by atoms with E-state index in [1.54, 1.807) is 6.42 Å². The van der Waals surface area contributed by atoms with Crippen LogP contribution in [0, 0.1) is 23.2 Å². The minimum Gasteiger partial charge on any atom is -0.0651 e. The Labute approximate surface area is 76.7 Å². The lowest BCUT2D eigenvalue weighted by atomic mass is 9.66. The van der Waals surface area contributed by atoms with E-state index in [-0.39, 0.29) is 0 Å². The average molecular weight is 166 g/mol. The van der Waals surface area contributed by atoms with Gasteiger partial charge in [-0.15, -0.1) is 0 Å². The van der Waals surface area contributed by atoms with Crippen molar-refractivity contribution in [1.82, 2.24) is 0 Å². The van der Waals surface area contributed by atoms with Gasteiger partial charge in [-0.25, -0.2) is 0 Å². The molecule has 0 amide bonds. The van der Waals surface area contributed by atoms with Gasteiger partial charge in [0.2, 0.25) is 0 Å². The molecule has 0 heterocycles. The van der Waals surface area contributed by atoms with Gasteiger partial charge in [0.05, 0.1) is 0 Å². The summed E-state index contributed by atoms with van der Waals surface area (Å²) in [5.74, 6) is 3.14. The van der Waals surface area contributed by atoms with E-state index in [4.69, 9.17) is 0 Å². The molecule has 3 unspecified atom stereocenters. The van der Waals surface area contributed by atoms with Gasteiger partial charge in [-0.3, -0.25) is 0 Å². The van der Waals surface area contributed by atoms with Crippen molar-refractivity contribution in [3.8, 4) is 0 Å². The summed E-state index contributed by atoms with van der Waals surface area (Å²) in [6, 6.07) is 0. The first-order valence-electron chi connectivity index (χ1n) is 5.66. The molecule has 0 aromatic carbocycles. The zero-order valence-corrected chi connectivity index (χ0v) is 8.77. The van der Waals surface area contributed by atoms with E-state index in [0.717, 1.165) is 23.2 Å². The molecule has 12 heavy (non-hydrogen) atoms. The van der Waals surface area contributed by atoms with Crippen LogP contribution in [0.2, 0.25) is 0 Å². The zero-order chi connectivity index (χ0) is 8.77.